The first-order valence-electron chi connectivity index (χ1n) is 4.69. The van der Waals surface area contributed by atoms with Crippen molar-refractivity contribution in [2.75, 3.05) is 11.9 Å². The molecular weight excluding hydrogens is 176 g/mol. The molecule has 1 heterocycles. The summed E-state index contributed by atoms with van der Waals surface area (Å²) in [7, 11) is 0. The average molecular weight is 190 g/mol. The van der Waals surface area contributed by atoms with Gasteiger partial charge in [0.25, 0.3) is 0 Å². The van der Waals surface area contributed by atoms with Crippen LogP contribution in [0.4, 0.5) is 5.69 Å². The summed E-state index contributed by atoms with van der Waals surface area (Å²) < 4.78 is 0. The highest BCUT2D eigenvalue weighted by Gasteiger charge is 2.29. The molecule has 74 valence electrons. The minimum absolute atomic E-state index is 0.0841. The van der Waals surface area contributed by atoms with Crippen molar-refractivity contribution in [2.24, 2.45) is 5.73 Å². The molecule has 0 radical (unpaired) electrons. The van der Waals surface area contributed by atoms with Crippen LogP contribution in [0, 0.1) is 0 Å². The van der Waals surface area contributed by atoms with Crippen LogP contribution in [0.5, 0.6) is 0 Å². The number of nitrogens with one attached hydrogen (secondary N) is 1. The Morgan fingerprint density at radius 2 is 2.21 bits per heavy atom. The quantitative estimate of drug-likeness (QED) is 0.705. The van der Waals surface area contributed by atoms with Crippen LogP contribution >= 0.6 is 0 Å². The van der Waals surface area contributed by atoms with E-state index in [9.17, 15) is 4.79 Å². The molecule has 0 aliphatic carbocycles. The standard InChI is InChI=1S/C11H14N2O/c1-11(2)6-13-9-4-3-7(10(12)14)5-8(9)11/h3-5,13H,6H2,1-2H3,(H2,12,14). The molecule has 0 spiro atoms. The molecule has 0 bridgehead atoms. The molecule has 1 aliphatic heterocycles. The van der Waals surface area contributed by atoms with E-state index in [1.165, 1.54) is 5.56 Å². The van der Waals surface area contributed by atoms with E-state index in [2.05, 4.69) is 19.2 Å². The SMILES string of the molecule is CC1(C)CNc2ccc(C(N)=O)cc21. The molecule has 0 atom stereocenters. The van der Waals surface area contributed by atoms with Crippen LogP contribution in [-0.4, -0.2) is 12.5 Å². The summed E-state index contributed by atoms with van der Waals surface area (Å²) in [6.07, 6.45) is 0. The average Bonchev–Trinajstić information content (AvgIpc) is 2.42. The number of benzene rings is 1. The molecule has 0 fully saturated rings. The highest BCUT2D eigenvalue weighted by Crippen LogP contribution is 2.36. The van der Waals surface area contributed by atoms with Crippen molar-refractivity contribution in [1.29, 1.82) is 0 Å². The van der Waals surface area contributed by atoms with E-state index in [4.69, 9.17) is 5.73 Å². The highest BCUT2D eigenvalue weighted by atomic mass is 16.1. The van der Waals surface area contributed by atoms with E-state index in [1.54, 1.807) is 6.07 Å². The summed E-state index contributed by atoms with van der Waals surface area (Å²) in [6.45, 7) is 5.21. The lowest BCUT2D eigenvalue weighted by molar-refractivity contribution is 0.1000. The van der Waals surface area contributed by atoms with Crippen molar-refractivity contribution >= 4 is 11.6 Å². The van der Waals surface area contributed by atoms with Gasteiger partial charge < -0.3 is 11.1 Å². The molecular formula is C11H14N2O. The highest BCUT2D eigenvalue weighted by molar-refractivity contribution is 5.93. The van der Waals surface area contributed by atoms with Crippen molar-refractivity contribution in [3.63, 3.8) is 0 Å². The lowest BCUT2D eigenvalue weighted by atomic mass is 9.86. The fraction of sp³-hybridized carbons (Fsp3) is 0.364. The fourth-order valence-corrected chi connectivity index (χ4v) is 1.82. The molecule has 1 aromatic rings. The Morgan fingerprint density at radius 3 is 2.86 bits per heavy atom. The van der Waals surface area contributed by atoms with Gasteiger partial charge in [-0.15, -0.1) is 0 Å². The normalized spacial score (nSPS) is 17.3. The molecule has 2 rings (SSSR count). The Balaban J connectivity index is 2.53. The third-order valence-electron chi connectivity index (χ3n) is 2.75. The number of hydrogen-bond donors (Lipinski definition) is 2. The Morgan fingerprint density at radius 1 is 1.50 bits per heavy atom. The van der Waals surface area contributed by atoms with E-state index in [0.29, 0.717) is 5.56 Å². The first kappa shape index (κ1) is 9.06. The topological polar surface area (TPSA) is 55.1 Å². The van der Waals surface area contributed by atoms with E-state index >= 15 is 0 Å². The minimum atomic E-state index is -0.365. The molecule has 3 heteroatoms. The number of carbonyl (C=O) groups is 1. The van der Waals surface area contributed by atoms with Gasteiger partial charge in [0, 0.05) is 23.2 Å². The molecule has 3 nitrogen and oxygen atoms in total. The van der Waals surface area contributed by atoms with Crippen LogP contribution in [-0.2, 0) is 5.41 Å². The summed E-state index contributed by atoms with van der Waals surface area (Å²) in [5.74, 6) is -0.365. The number of rotatable bonds is 1. The zero-order valence-electron chi connectivity index (χ0n) is 8.42. The smallest absolute Gasteiger partial charge is 0.248 e. The maximum Gasteiger partial charge on any atom is 0.248 e. The van der Waals surface area contributed by atoms with Gasteiger partial charge >= 0.3 is 0 Å². The van der Waals surface area contributed by atoms with Crippen LogP contribution in [0.25, 0.3) is 0 Å². The van der Waals surface area contributed by atoms with Gasteiger partial charge in [-0.1, -0.05) is 13.8 Å². The minimum Gasteiger partial charge on any atom is -0.384 e. The summed E-state index contributed by atoms with van der Waals surface area (Å²) in [4.78, 5) is 11.0. The van der Waals surface area contributed by atoms with Gasteiger partial charge in [-0.05, 0) is 23.8 Å². The molecule has 14 heavy (non-hydrogen) atoms. The second-order valence-electron chi connectivity index (χ2n) is 4.36. The molecule has 0 unspecified atom stereocenters. The van der Waals surface area contributed by atoms with Gasteiger partial charge in [-0.2, -0.15) is 0 Å². The number of primary amides is 1. The van der Waals surface area contributed by atoms with Crippen LogP contribution in [0.15, 0.2) is 18.2 Å². The van der Waals surface area contributed by atoms with E-state index < -0.39 is 0 Å². The summed E-state index contributed by atoms with van der Waals surface area (Å²) in [6, 6.07) is 5.57. The number of amides is 1. The second-order valence-corrected chi connectivity index (χ2v) is 4.36. The Kier molecular flexibility index (Phi) is 1.77. The van der Waals surface area contributed by atoms with E-state index in [-0.39, 0.29) is 11.3 Å². The van der Waals surface area contributed by atoms with Crippen molar-refractivity contribution in [3.05, 3.63) is 29.3 Å². The number of anilines is 1. The lowest BCUT2D eigenvalue weighted by Crippen LogP contribution is -2.19. The largest absolute Gasteiger partial charge is 0.384 e. The fourth-order valence-electron chi connectivity index (χ4n) is 1.82. The molecule has 3 N–H and O–H groups in total. The maximum absolute atomic E-state index is 11.0. The van der Waals surface area contributed by atoms with Gasteiger partial charge in [0.15, 0.2) is 0 Å². The first-order chi connectivity index (χ1) is 6.50. The van der Waals surface area contributed by atoms with Gasteiger partial charge in [0.2, 0.25) is 5.91 Å². The van der Waals surface area contributed by atoms with Crippen LogP contribution in [0.2, 0.25) is 0 Å². The predicted octanol–water partition coefficient (Wildman–Crippen LogP) is 1.49. The summed E-state index contributed by atoms with van der Waals surface area (Å²) in [5, 5.41) is 3.30. The third kappa shape index (κ3) is 1.25. The molecule has 0 saturated carbocycles. The molecule has 1 aliphatic rings. The van der Waals surface area contributed by atoms with Crippen LogP contribution in [0.1, 0.15) is 29.8 Å². The predicted molar refractivity (Wildman–Crippen MR) is 56.5 cm³/mol. The number of nitrogens with two attached hydrogens (primary N) is 1. The van der Waals surface area contributed by atoms with E-state index in [0.717, 1.165) is 12.2 Å². The van der Waals surface area contributed by atoms with Crippen molar-refractivity contribution in [2.45, 2.75) is 19.3 Å². The van der Waals surface area contributed by atoms with Gasteiger partial charge in [0.1, 0.15) is 0 Å². The van der Waals surface area contributed by atoms with Crippen molar-refractivity contribution in [1.82, 2.24) is 0 Å². The first-order valence-corrected chi connectivity index (χ1v) is 4.69. The van der Waals surface area contributed by atoms with Crippen LogP contribution in [0.3, 0.4) is 0 Å². The zero-order chi connectivity index (χ0) is 10.3. The van der Waals surface area contributed by atoms with Crippen LogP contribution < -0.4 is 11.1 Å². The Labute approximate surface area is 83.3 Å². The molecule has 1 amide bonds. The van der Waals surface area contributed by atoms with E-state index in [1.807, 2.05) is 12.1 Å². The van der Waals surface area contributed by atoms with Gasteiger partial charge in [-0.25, -0.2) is 0 Å². The lowest BCUT2D eigenvalue weighted by Gasteiger charge is -2.17. The Bertz CT molecular complexity index is 396. The summed E-state index contributed by atoms with van der Waals surface area (Å²) >= 11 is 0. The third-order valence-corrected chi connectivity index (χ3v) is 2.75. The molecule has 0 aromatic heterocycles. The van der Waals surface area contributed by atoms with Crippen molar-refractivity contribution < 1.29 is 4.79 Å². The molecule has 1 aromatic carbocycles. The maximum atomic E-state index is 11.0. The number of fused-ring (bicyclic) bond motifs is 1. The van der Waals surface area contributed by atoms with Gasteiger partial charge in [-0.3, -0.25) is 4.79 Å². The monoisotopic (exact) mass is 190 g/mol. The molecule has 0 saturated heterocycles. The Hall–Kier alpha value is -1.51. The summed E-state index contributed by atoms with van der Waals surface area (Å²) in [5.41, 5.74) is 8.19. The van der Waals surface area contributed by atoms with Gasteiger partial charge in [0.05, 0.1) is 0 Å². The zero-order valence-corrected chi connectivity index (χ0v) is 8.42. The number of hydrogen-bond acceptors (Lipinski definition) is 2. The number of carbonyl (C=O) groups excluding carboxylic acids is 1. The van der Waals surface area contributed by atoms with Crippen molar-refractivity contribution in [3.8, 4) is 0 Å². The second kappa shape index (κ2) is 2.74.